The average Bonchev–Trinajstić information content (AvgIpc) is 2.58. The Labute approximate surface area is 177 Å². The van der Waals surface area contributed by atoms with E-state index in [0.29, 0.717) is 6.04 Å². The molecule has 0 amide bonds. The summed E-state index contributed by atoms with van der Waals surface area (Å²) in [5.41, 5.74) is 1.44. The Hall–Kier alpha value is -0.860. The Kier molecular flexibility index (Phi) is 12.1. The van der Waals surface area contributed by atoms with Crippen LogP contribution in [0.2, 0.25) is 0 Å². The zero-order valence-electron chi connectivity index (χ0n) is 17.5. The van der Waals surface area contributed by atoms with Crippen LogP contribution in [0.3, 0.4) is 0 Å². The van der Waals surface area contributed by atoms with Crippen LogP contribution in [0.25, 0.3) is 0 Å². The predicted molar refractivity (Wildman–Crippen MR) is 125 cm³/mol. The molecule has 26 heavy (non-hydrogen) atoms. The zero-order chi connectivity index (χ0) is 18.9. The minimum atomic E-state index is 0. The van der Waals surface area contributed by atoms with E-state index in [1.165, 1.54) is 5.56 Å². The van der Waals surface area contributed by atoms with Crippen LogP contribution in [-0.2, 0) is 6.54 Å². The summed E-state index contributed by atoms with van der Waals surface area (Å²) in [5, 5.41) is 6.84. The van der Waals surface area contributed by atoms with Crippen molar-refractivity contribution in [3.05, 3.63) is 35.9 Å². The first-order valence-corrected chi connectivity index (χ1v) is 9.12. The van der Waals surface area contributed by atoms with Crippen LogP contribution >= 0.6 is 24.0 Å². The van der Waals surface area contributed by atoms with E-state index in [9.17, 15) is 0 Å². The lowest BCUT2D eigenvalue weighted by atomic mass is 10.0. The normalized spacial score (nSPS) is 13.5. The van der Waals surface area contributed by atoms with Crippen molar-refractivity contribution in [1.82, 2.24) is 20.4 Å². The molecule has 150 valence electrons. The molecule has 1 rings (SSSR count). The third kappa shape index (κ3) is 9.19. The summed E-state index contributed by atoms with van der Waals surface area (Å²) in [4.78, 5) is 8.93. The Morgan fingerprint density at radius 2 is 1.73 bits per heavy atom. The molecule has 5 nitrogen and oxygen atoms in total. The molecule has 2 N–H and O–H groups in total. The van der Waals surface area contributed by atoms with Crippen molar-refractivity contribution in [2.24, 2.45) is 4.99 Å². The molecule has 0 spiro atoms. The van der Waals surface area contributed by atoms with Crippen LogP contribution in [0.4, 0.5) is 0 Å². The van der Waals surface area contributed by atoms with Crippen LogP contribution < -0.4 is 10.6 Å². The highest BCUT2D eigenvalue weighted by atomic mass is 127. The van der Waals surface area contributed by atoms with Gasteiger partial charge in [-0.25, -0.2) is 0 Å². The Balaban J connectivity index is 0.00000625. The van der Waals surface area contributed by atoms with Crippen molar-refractivity contribution in [3.8, 4) is 0 Å². The van der Waals surface area contributed by atoms with E-state index in [1.54, 1.807) is 0 Å². The van der Waals surface area contributed by atoms with Crippen molar-refractivity contribution in [1.29, 1.82) is 0 Å². The Morgan fingerprint density at radius 3 is 2.27 bits per heavy atom. The summed E-state index contributed by atoms with van der Waals surface area (Å²) >= 11 is 0. The lowest BCUT2D eigenvalue weighted by Crippen LogP contribution is -2.51. The Bertz CT molecular complexity index is 516. The standard InChI is InChI=1S/C20H37N5.HI/c1-17(25(7)15-18-11-9-8-10-12-18)13-14-22-19(21-4)23-16-20(2,3)24(5)6;/h8-12,17H,13-16H2,1-7H3,(H2,21,22,23);1H. The number of nitrogens with one attached hydrogen (secondary N) is 2. The van der Waals surface area contributed by atoms with E-state index in [4.69, 9.17) is 0 Å². The SMILES string of the molecule is CN=C(NCCC(C)N(C)Cc1ccccc1)NCC(C)(C)N(C)C.I. The molecule has 6 heteroatoms. The second-order valence-corrected chi connectivity index (χ2v) is 7.60. The summed E-state index contributed by atoms with van der Waals surface area (Å²) < 4.78 is 0. The van der Waals surface area contributed by atoms with Crippen LogP contribution in [-0.4, -0.2) is 68.6 Å². The molecule has 1 unspecified atom stereocenters. The molecule has 1 atom stereocenters. The average molecular weight is 475 g/mol. The maximum absolute atomic E-state index is 4.32. The van der Waals surface area contributed by atoms with Crippen LogP contribution in [0, 0.1) is 0 Å². The molecular weight excluding hydrogens is 437 g/mol. The highest BCUT2D eigenvalue weighted by Crippen LogP contribution is 2.08. The minimum Gasteiger partial charge on any atom is -0.356 e. The molecule has 0 radical (unpaired) electrons. The van der Waals surface area contributed by atoms with Gasteiger partial charge in [-0.15, -0.1) is 24.0 Å². The van der Waals surface area contributed by atoms with Gasteiger partial charge >= 0.3 is 0 Å². The molecule has 0 heterocycles. The molecule has 1 aromatic rings. The van der Waals surface area contributed by atoms with Gasteiger partial charge in [0.15, 0.2) is 5.96 Å². The van der Waals surface area contributed by atoms with Gasteiger partial charge in [0.25, 0.3) is 0 Å². The van der Waals surface area contributed by atoms with Gasteiger partial charge in [-0.3, -0.25) is 9.89 Å². The Morgan fingerprint density at radius 1 is 1.12 bits per heavy atom. The molecule has 0 aliphatic heterocycles. The van der Waals surface area contributed by atoms with Gasteiger partial charge in [-0.2, -0.15) is 0 Å². The van der Waals surface area contributed by atoms with Crippen molar-refractivity contribution >= 4 is 29.9 Å². The molecule has 0 aliphatic carbocycles. The number of hydrogen-bond acceptors (Lipinski definition) is 3. The summed E-state index contributed by atoms with van der Waals surface area (Å²) in [7, 11) is 8.21. The van der Waals surface area contributed by atoms with Gasteiger partial charge in [-0.05, 0) is 53.9 Å². The smallest absolute Gasteiger partial charge is 0.191 e. The third-order valence-electron chi connectivity index (χ3n) is 5.00. The summed E-state index contributed by atoms with van der Waals surface area (Å²) in [5.74, 6) is 0.868. The summed E-state index contributed by atoms with van der Waals surface area (Å²) in [6.45, 7) is 9.44. The van der Waals surface area contributed by atoms with E-state index >= 15 is 0 Å². The zero-order valence-corrected chi connectivity index (χ0v) is 19.9. The summed E-state index contributed by atoms with van der Waals surface area (Å²) in [6.07, 6.45) is 1.07. The number of likely N-dealkylation sites (N-methyl/N-ethyl adjacent to an activating group) is 1. The topological polar surface area (TPSA) is 42.9 Å². The minimum absolute atomic E-state index is 0. The number of benzene rings is 1. The highest BCUT2D eigenvalue weighted by Gasteiger charge is 2.20. The van der Waals surface area contributed by atoms with E-state index in [2.05, 4.69) is 97.7 Å². The van der Waals surface area contributed by atoms with Gasteiger partial charge in [-0.1, -0.05) is 30.3 Å². The maximum Gasteiger partial charge on any atom is 0.191 e. The fourth-order valence-electron chi connectivity index (χ4n) is 2.33. The molecule has 0 fully saturated rings. The lowest BCUT2D eigenvalue weighted by Gasteiger charge is -2.33. The maximum atomic E-state index is 4.32. The van der Waals surface area contributed by atoms with Crippen LogP contribution in [0.1, 0.15) is 32.8 Å². The lowest BCUT2D eigenvalue weighted by molar-refractivity contribution is 0.197. The van der Waals surface area contributed by atoms with E-state index in [1.807, 2.05) is 7.05 Å². The molecule has 0 aromatic heterocycles. The fraction of sp³-hybridized carbons (Fsp3) is 0.650. The third-order valence-corrected chi connectivity index (χ3v) is 5.00. The van der Waals surface area contributed by atoms with Crippen molar-refractivity contribution in [2.45, 2.75) is 45.3 Å². The molecule has 0 saturated heterocycles. The quantitative estimate of drug-likeness (QED) is 0.328. The monoisotopic (exact) mass is 475 g/mol. The first-order chi connectivity index (χ1) is 11.8. The van der Waals surface area contributed by atoms with Gasteiger partial charge in [0, 0.05) is 38.3 Å². The molecule has 0 bridgehead atoms. The second-order valence-electron chi connectivity index (χ2n) is 7.60. The first-order valence-electron chi connectivity index (χ1n) is 9.12. The predicted octanol–water partition coefficient (Wildman–Crippen LogP) is 3.02. The molecule has 1 aromatic carbocycles. The largest absolute Gasteiger partial charge is 0.356 e. The first kappa shape index (κ1) is 25.1. The molecule has 0 saturated carbocycles. The van der Waals surface area contributed by atoms with E-state index in [-0.39, 0.29) is 29.5 Å². The van der Waals surface area contributed by atoms with Gasteiger partial charge < -0.3 is 15.5 Å². The van der Waals surface area contributed by atoms with Crippen molar-refractivity contribution in [3.63, 3.8) is 0 Å². The van der Waals surface area contributed by atoms with Crippen molar-refractivity contribution < 1.29 is 0 Å². The number of halogens is 1. The fourth-order valence-corrected chi connectivity index (χ4v) is 2.33. The molecular formula is C20H38IN5. The second kappa shape index (κ2) is 12.5. The van der Waals surface area contributed by atoms with E-state index in [0.717, 1.165) is 32.0 Å². The number of guanidine groups is 1. The summed E-state index contributed by atoms with van der Waals surface area (Å²) in [6, 6.07) is 11.1. The van der Waals surface area contributed by atoms with Crippen LogP contribution in [0.15, 0.2) is 35.3 Å². The number of hydrogen-bond donors (Lipinski definition) is 2. The highest BCUT2D eigenvalue weighted by molar-refractivity contribution is 14.0. The molecule has 0 aliphatic rings. The number of nitrogens with zero attached hydrogens (tertiary/aromatic N) is 3. The van der Waals surface area contributed by atoms with Gasteiger partial charge in [0.2, 0.25) is 0 Å². The van der Waals surface area contributed by atoms with Crippen LogP contribution in [0.5, 0.6) is 0 Å². The van der Waals surface area contributed by atoms with Crippen molar-refractivity contribution in [2.75, 3.05) is 41.3 Å². The number of rotatable bonds is 9. The number of aliphatic imine (C=N–C) groups is 1. The van der Waals surface area contributed by atoms with Gasteiger partial charge in [0.05, 0.1) is 0 Å². The van der Waals surface area contributed by atoms with Gasteiger partial charge in [0.1, 0.15) is 0 Å². The van der Waals surface area contributed by atoms with E-state index < -0.39 is 0 Å².